The number of amides is 1. The molecule has 1 aliphatic heterocycles. The molecule has 12 heteroatoms. The standard InChI is InChI=1S/C22H22F9NO2/c23-19(24)8-13(9-33)32(10-19)18(34)17-6-5-15-14-4-2-12(7-11(14)1-3-16(15)17)20(25,21(26,27)28)22(29,30)31/h2,4,7,13,15-17,33H,1,3,5-6,8-10H2/t13?,15?,16?,17-/m1/s1. The predicted molar refractivity (Wildman–Crippen MR) is 101 cm³/mol. The van der Waals surface area contributed by atoms with E-state index in [9.17, 15) is 49.4 Å². The van der Waals surface area contributed by atoms with E-state index in [1.54, 1.807) is 0 Å². The Labute approximate surface area is 188 Å². The summed E-state index contributed by atoms with van der Waals surface area (Å²) in [5, 5.41) is 9.41. The Hall–Kier alpha value is -1.98. The molecule has 1 amide bonds. The maximum atomic E-state index is 14.5. The van der Waals surface area contributed by atoms with E-state index in [0.29, 0.717) is 30.5 Å². The first-order valence-corrected chi connectivity index (χ1v) is 10.9. The van der Waals surface area contributed by atoms with Gasteiger partial charge in [0.15, 0.2) is 0 Å². The van der Waals surface area contributed by atoms with Crippen molar-refractivity contribution in [2.45, 2.75) is 68.0 Å². The molecule has 190 valence electrons. The Bertz CT molecular complexity index is 945. The molecule has 3 unspecified atom stereocenters. The van der Waals surface area contributed by atoms with Gasteiger partial charge in [0.05, 0.1) is 19.2 Å². The third-order valence-corrected chi connectivity index (χ3v) is 7.48. The summed E-state index contributed by atoms with van der Waals surface area (Å²) in [6.45, 7) is -1.42. The predicted octanol–water partition coefficient (Wildman–Crippen LogP) is 5.26. The zero-order valence-electron chi connectivity index (χ0n) is 17.7. The minimum absolute atomic E-state index is 0.0273. The number of aliphatic hydroxyl groups excluding tert-OH is 1. The van der Waals surface area contributed by atoms with E-state index in [0.717, 1.165) is 11.0 Å². The second-order valence-electron chi connectivity index (χ2n) is 9.42. The number of alkyl halides is 9. The van der Waals surface area contributed by atoms with E-state index in [4.69, 9.17) is 0 Å². The number of benzene rings is 1. The molecule has 0 aromatic heterocycles. The van der Waals surface area contributed by atoms with Crippen LogP contribution in [0.25, 0.3) is 0 Å². The number of nitrogens with zero attached hydrogens (tertiary/aromatic N) is 1. The van der Waals surface area contributed by atoms with Gasteiger partial charge in [-0.3, -0.25) is 4.79 Å². The van der Waals surface area contributed by atoms with Crippen LogP contribution in [0.2, 0.25) is 0 Å². The lowest BCUT2D eigenvalue weighted by atomic mass is 9.73. The average Bonchev–Trinajstić information content (AvgIpc) is 3.30. The van der Waals surface area contributed by atoms with E-state index in [-0.39, 0.29) is 30.2 Å². The highest BCUT2D eigenvalue weighted by Gasteiger charge is 2.73. The number of rotatable bonds is 3. The molecule has 1 aromatic rings. The lowest BCUT2D eigenvalue weighted by Crippen LogP contribution is -2.50. The van der Waals surface area contributed by atoms with Crippen LogP contribution in [0.3, 0.4) is 0 Å². The lowest BCUT2D eigenvalue weighted by Gasteiger charge is -2.35. The molecule has 1 heterocycles. The summed E-state index contributed by atoms with van der Waals surface area (Å²) in [5.41, 5.74) is -6.45. The molecule has 2 fully saturated rings. The molecule has 34 heavy (non-hydrogen) atoms. The fraction of sp³-hybridized carbons (Fsp3) is 0.682. The molecule has 1 saturated heterocycles. The minimum Gasteiger partial charge on any atom is -0.394 e. The summed E-state index contributed by atoms with van der Waals surface area (Å²) >= 11 is 0. The van der Waals surface area contributed by atoms with Gasteiger partial charge < -0.3 is 10.0 Å². The number of carbonyl (C=O) groups is 1. The molecule has 1 saturated carbocycles. The van der Waals surface area contributed by atoms with Crippen LogP contribution in [0.15, 0.2) is 18.2 Å². The number of aliphatic hydroxyl groups is 1. The summed E-state index contributed by atoms with van der Waals surface area (Å²) in [4.78, 5) is 14.0. The molecule has 0 radical (unpaired) electrons. The summed E-state index contributed by atoms with van der Waals surface area (Å²) < 4.78 is 121. The van der Waals surface area contributed by atoms with Gasteiger partial charge in [-0.25, -0.2) is 13.2 Å². The highest BCUT2D eigenvalue weighted by molar-refractivity contribution is 5.80. The largest absolute Gasteiger partial charge is 0.435 e. The molecular weight excluding hydrogens is 481 g/mol. The molecule has 4 atom stereocenters. The van der Waals surface area contributed by atoms with E-state index in [1.165, 1.54) is 0 Å². The first-order chi connectivity index (χ1) is 15.6. The third-order valence-electron chi connectivity index (χ3n) is 7.48. The molecule has 2 aliphatic carbocycles. The maximum absolute atomic E-state index is 14.5. The van der Waals surface area contributed by atoms with Crippen molar-refractivity contribution in [3.8, 4) is 0 Å². The zero-order valence-corrected chi connectivity index (χ0v) is 17.7. The van der Waals surface area contributed by atoms with Crippen LogP contribution < -0.4 is 0 Å². The van der Waals surface area contributed by atoms with Crippen molar-refractivity contribution in [2.75, 3.05) is 13.2 Å². The van der Waals surface area contributed by atoms with Crippen molar-refractivity contribution < 1.29 is 49.4 Å². The summed E-state index contributed by atoms with van der Waals surface area (Å²) in [7, 11) is 0. The van der Waals surface area contributed by atoms with Crippen LogP contribution in [0.1, 0.15) is 48.3 Å². The molecule has 1 aromatic carbocycles. The van der Waals surface area contributed by atoms with Gasteiger partial charge in [-0.15, -0.1) is 0 Å². The first-order valence-electron chi connectivity index (χ1n) is 10.9. The Kier molecular flexibility index (Phi) is 5.93. The number of halogens is 9. The lowest BCUT2D eigenvalue weighted by molar-refractivity contribution is -0.348. The monoisotopic (exact) mass is 503 g/mol. The van der Waals surface area contributed by atoms with Crippen molar-refractivity contribution >= 4 is 5.91 Å². The number of likely N-dealkylation sites (tertiary alicyclic amines) is 1. The van der Waals surface area contributed by atoms with Gasteiger partial charge in [0.1, 0.15) is 0 Å². The van der Waals surface area contributed by atoms with E-state index in [2.05, 4.69) is 0 Å². The van der Waals surface area contributed by atoms with E-state index < -0.39 is 66.9 Å². The number of aryl methyl sites for hydroxylation is 1. The quantitative estimate of drug-likeness (QED) is 0.572. The average molecular weight is 503 g/mol. The van der Waals surface area contributed by atoms with Crippen LogP contribution >= 0.6 is 0 Å². The van der Waals surface area contributed by atoms with Gasteiger partial charge in [-0.1, -0.05) is 18.2 Å². The fourth-order valence-electron chi connectivity index (χ4n) is 5.90. The molecular formula is C22H22F9NO2. The van der Waals surface area contributed by atoms with Crippen molar-refractivity contribution in [2.24, 2.45) is 11.8 Å². The van der Waals surface area contributed by atoms with Crippen LogP contribution in [-0.2, 0) is 16.9 Å². The second-order valence-corrected chi connectivity index (χ2v) is 9.42. The smallest absolute Gasteiger partial charge is 0.394 e. The minimum atomic E-state index is -6.21. The molecule has 3 aliphatic rings. The Morgan fingerprint density at radius 3 is 2.26 bits per heavy atom. The SMILES string of the molecule is O=C([C@@H]1CCC2c3ccc(C(F)(C(F)(F)F)C(F)(F)F)cc3CCC21)N1CC(F)(F)CC1CO. The summed E-state index contributed by atoms with van der Waals surface area (Å²) in [6.07, 6.45) is -12.1. The molecule has 0 spiro atoms. The summed E-state index contributed by atoms with van der Waals surface area (Å²) in [6, 6.07) is 1.13. The third kappa shape index (κ3) is 3.85. The van der Waals surface area contributed by atoms with Crippen molar-refractivity contribution in [3.05, 3.63) is 34.9 Å². The normalized spacial score (nSPS) is 29.2. The molecule has 3 nitrogen and oxygen atoms in total. The van der Waals surface area contributed by atoms with Crippen LogP contribution in [0.4, 0.5) is 39.5 Å². The Balaban J connectivity index is 1.60. The number of hydrogen-bond acceptors (Lipinski definition) is 2. The highest BCUT2D eigenvalue weighted by atomic mass is 19.4. The second kappa shape index (κ2) is 8.03. The van der Waals surface area contributed by atoms with Gasteiger partial charge in [0, 0.05) is 17.9 Å². The molecule has 1 N–H and O–H groups in total. The van der Waals surface area contributed by atoms with Gasteiger partial charge in [0.2, 0.25) is 5.91 Å². The number of hydrogen-bond donors (Lipinski definition) is 1. The topological polar surface area (TPSA) is 40.5 Å². The van der Waals surface area contributed by atoms with Crippen LogP contribution in [-0.4, -0.2) is 53.4 Å². The van der Waals surface area contributed by atoms with E-state index in [1.807, 2.05) is 0 Å². The van der Waals surface area contributed by atoms with Gasteiger partial charge in [0.25, 0.3) is 5.92 Å². The van der Waals surface area contributed by atoms with Gasteiger partial charge in [-0.05, 0) is 48.6 Å². The zero-order chi connectivity index (χ0) is 25.3. The first kappa shape index (κ1) is 25.1. The van der Waals surface area contributed by atoms with Crippen molar-refractivity contribution in [3.63, 3.8) is 0 Å². The maximum Gasteiger partial charge on any atom is 0.435 e. The fourth-order valence-corrected chi connectivity index (χ4v) is 5.90. The van der Waals surface area contributed by atoms with Gasteiger partial charge >= 0.3 is 18.0 Å². The summed E-state index contributed by atoms with van der Waals surface area (Å²) in [5.74, 6) is -4.99. The molecule has 0 bridgehead atoms. The van der Waals surface area contributed by atoms with Gasteiger partial charge in [-0.2, -0.15) is 26.3 Å². The van der Waals surface area contributed by atoms with Crippen molar-refractivity contribution in [1.82, 2.24) is 4.90 Å². The van der Waals surface area contributed by atoms with Crippen molar-refractivity contribution in [1.29, 1.82) is 0 Å². The highest BCUT2D eigenvalue weighted by Crippen LogP contribution is 2.55. The van der Waals surface area contributed by atoms with Crippen LogP contribution in [0, 0.1) is 11.8 Å². The number of carbonyl (C=O) groups excluding carboxylic acids is 1. The Morgan fingerprint density at radius 2 is 1.68 bits per heavy atom. The van der Waals surface area contributed by atoms with Crippen LogP contribution in [0.5, 0.6) is 0 Å². The Morgan fingerprint density at radius 1 is 1.03 bits per heavy atom. The number of fused-ring (bicyclic) bond motifs is 3. The molecule has 4 rings (SSSR count). The van der Waals surface area contributed by atoms with E-state index >= 15 is 0 Å².